The highest BCUT2D eigenvalue weighted by atomic mass is 35.5. The second-order valence-electron chi connectivity index (χ2n) is 4.36. The molecule has 0 aliphatic carbocycles. The summed E-state index contributed by atoms with van der Waals surface area (Å²) in [6.07, 6.45) is 1.67. The van der Waals surface area contributed by atoms with Gasteiger partial charge < -0.3 is 10.3 Å². The smallest absolute Gasteiger partial charge is 0.201 e. The highest BCUT2D eigenvalue weighted by Crippen LogP contribution is 2.29. The van der Waals surface area contributed by atoms with Gasteiger partial charge in [0.05, 0.1) is 26.8 Å². The fourth-order valence-corrected chi connectivity index (χ4v) is 2.83. The lowest BCUT2D eigenvalue weighted by Gasteiger charge is -2.06. The summed E-state index contributed by atoms with van der Waals surface area (Å²) in [6.45, 7) is 0.466. The Kier molecular flexibility index (Phi) is 3.94. The van der Waals surface area contributed by atoms with Crippen molar-refractivity contribution in [2.45, 2.75) is 13.0 Å². The van der Waals surface area contributed by atoms with E-state index in [0.29, 0.717) is 34.5 Å². The average molecular weight is 322 g/mol. The van der Waals surface area contributed by atoms with Gasteiger partial charge in [-0.25, -0.2) is 13.4 Å². The Morgan fingerprint density at radius 1 is 1.32 bits per heavy atom. The predicted octanol–water partition coefficient (Wildman–Crippen LogP) is 2.36. The monoisotopic (exact) mass is 321 g/mol. The van der Waals surface area contributed by atoms with Gasteiger partial charge in [0.25, 0.3) is 0 Å². The molecule has 0 fully saturated rings. The minimum atomic E-state index is -2.98. The summed E-state index contributed by atoms with van der Waals surface area (Å²) in [6, 6.07) is 3.33. The first-order chi connectivity index (χ1) is 8.78. The molecule has 19 heavy (non-hydrogen) atoms. The molecule has 0 saturated carbocycles. The normalized spacial score (nSPS) is 12.2. The number of rotatable bonds is 4. The third-order valence-corrected chi connectivity index (χ3v) is 4.47. The van der Waals surface area contributed by atoms with Crippen LogP contribution >= 0.6 is 23.2 Å². The first-order valence-corrected chi connectivity index (χ1v) is 8.38. The number of benzene rings is 1. The highest BCUT2D eigenvalue weighted by molar-refractivity contribution is 7.90. The second-order valence-corrected chi connectivity index (χ2v) is 7.43. The summed E-state index contributed by atoms with van der Waals surface area (Å²) in [5, 5.41) is 0.827. The van der Waals surface area contributed by atoms with Crippen LogP contribution in [-0.4, -0.2) is 30.0 Å². The molecule has 0 radical (unpaired) electrons. The van der Waals surface area contributed by atoms with Crippen LogP contribution in [0.5, 0.6) is 0 Å². The van der Waals surface area contributed by atoms with E-state index in [0.717, 1.165) is 5.52 Å². The molecule has 8 heteroatoms. The molecule has 0 atom stereocenters. The van der Waals surface area contributed by atoms with Crippen LogP contribution in [0.4, 0.5) is 5.95 Å². The number of fused-ring (bicyclic) bond motifs is 1. The van der Waals surface area contributed by atoms with Gasteiger partial charge in [-0.15, -0.1) is 0 Å². The number of aryl methyl sites for hydroxylation is 1. The molecule has 0 bridgehead atoms. The largest absolute Gasteiger partial charge is 0.369 e. The van der Waals surface area contributed by atoms with E-state index in [1.165, 1.54) is 6.26 Å². The molecule has 1 aromatic carbocycles. The number of aromatic nitrogens is 2. The number of hydrogen-bond acceptors (Lipinski definition) is 4. The van der Waals surface area contributed by atoms with Crippen molar-refractivity contribution in [3.8, 4) is 0 Å². The van der Waals surface area contributed by atoms with Crippen LogP contribution in [-0.2, 0) is 16.4 Å². The minimum absolute atomic E-state index is 0.105. The molecule has 2 N–H and O–H groups in total. The van der Waals surface area contributed by atoms with Crippen LogP contribution in [0.15, 0.2) is 12.1 Å². The van der Waals surface area contributed by atoms with Crippen molar-refractivity contribution < 1.29 is 8.42 Å². The summed E-state index contributed by atoms with van der Waals surface area (Å²) in [5.74, 6) is 0.426. The molecule has 0 aliphatic rings. The summed E-state index contributed by atoms with van der Waals surface area (Å²) in [5.41, 5.74) is 7.21. The van der Waals surface area contributed by atoms with Crippen molar-refractivity contribution in [1.29, 1.82) is 0 Å². The Morgan fingerprint density at radius 3 is 2.58 bits per heavy atom. The number of nitrogen functional groups attached to an aromatic ring is 1. The number of sulfone groups is 1. The quantitative estimate of drug-likeness (QED) is 0.937. The number of anilines is 1. The molecule has 0 spiro atoms. The van der Waals surface area contributed by atoms with Crippen LogP contribution in [0.2, 0.25) is 10.0 Å². The van der Waals surface area contributed by atoms with Crippen LogP contribution in [0.25, 0.3) is 11.0 Å². The van der Waals surface area contributed by atoms with E-state index < -0.39 is 9.84 Å². The number of imidazole rings is 1. The van der Waals surface area contributed by atoms with Gasteiger partial charge in [-0.05, 0) is 18.6 Å². The molecular weight excluding hydrogens is 309 g/mol. The summed E-state index contributed by atoms with van der Waals surface area (Å²) < 4.78 is 24.0. The van der Waals surface area contributed by atoms with E-state index in [9.17, 15) is 8.42 Å². The van der Waals surface area contributed by atoms with Crippen LogP contribution in [0.3, 0.4) is 0 Å². The van der Waals surface area contributed by atoms with E-state index >= 15 is 0 Å². The van der Waals surface area contributed by atoms with E-state index in [2.05, 4.69) is 4.98 Å². The molecule has 2 rings (SSSR count). The SMILES string of the molecule is CS(=O)(=O)CCCn1c(N)nc2cc(Cl)c(Cl)cc21. The lowest BCUT2D eigenvalue weighted by atomic mass is 10.3. The number of hydrogen-bond donors (Lipinski definition) is 1. The van der Waals surface area contributed by atoms with Gasteiger partial charge in [-0.2, -0.15) is 0 Å². The first-order valence-electron chi connectivity index (χ1n) is 5.56. The van der Waals surface area contributed by atoms with Crippen molar-refractivity contribution in [3.05, 3.63) is 22.2 Å². The third kappa shape index (κ3) is 3.32. The van der Waals surface area contributed by atoms with Gasteiger partial charge in [-0.1, -0.05) is 23.2 Å². The van der Waals surface area contributed by atoms with Crippen LogP contribution < -0.4 is 5.73 Å². The van der Waals surface area contributed by atoms with Crippen LogP contribution in [0, 0.1) is 0 Å². The Hall–Kier alpha value is -0.980. The van der Waals surface area contributed by atoms with Crippen molar-refractivity contribution in [3.63, 3.8) is 0 Å². The third-order valence-electron chi connectivity index (χ3n) is 2.72. The molecule has 1 aromatic heterocycles. The Bertz CT molecular complexity index is 725. The fraction of sp³-hybridized carbons (Fsp3) is 0.364. The maximum Gasteiger partial charge on any atom is 0.201 e. The Labute approximate surface area is 121 Å². The van der Waals surface area contributed by atoms with Crippen molar-refractivity contribution in [2.75, 3.05) is 17.7 Å². The van der Waals surface area contributed by atoms with Gasteiger partial charge >= 0.3 is 0 Å². The Morgan fingerprint density at radius 2 is 1.95 bits per heavy atom. The second kappa shape index (κ2) is 5.19. The number of nitrogens with two attached hydrogens (primary N) is 1. The van der Waals surface area contributed by atoms with Crippen LogP contribution in [0.1, 0.15) is 6.42 Å². The zero-order valence-corrected chi connectivity index (χ0v) is 12.6. The van der Waals surface area contributed by atoms with Gasteiger partial charge in [0, 0.05) is 12.8 Å². The number of halogens is 2. The van der Waals surface area contributed by atoms with Crippen molar-refractivity contribution in [1.82, 2.24) is 9.55 Å². The first kappa shape index (κ1) is 14.4. The average Bonchev–Trinajstić information content (AvgIpc) is 2.55. The molecular formula is C11H13Cl2N3O2S. The topological polar surface area (TPSA) is 78.0 Å². The van der Waals surface area contributed by atoms with Crippen molar-refractivity contribution in [2.24, 2.45) is 0 Å². The number of nitrogens with zero attached hydrogens (tertiary/aromatic N) is 2. The Balaban J connectivity index is 2.32. The maximum atomic E-state index is 11.1. The minimum Gasteiger partial charge on any atom is -0.369 e. The molecule has 0 aliphatic heterocycles. The van der Waals surface area contributed by atoms with E-state index in [1.807, 2.05) is 0 Å². The molecule has 1 heterocycles. The maximum absolute atomic E-state index is 11.1. The summed E-state index contributed by atoms with van der Waals surface area (Å²) in [7, 11) is -2.98. The van der Waals surface area contributed by atoms with E-state index in [1.54, 1.807) is 16.7 Å². The standard InChI is InChI=1S/C11H13Cl2N3O2S/c1-19(17,18)4-2-3-16-10-6-8(13)7(12)5-9(10)15-11(16)14/h5-6H,2-4H2,1H3,(H2,14,15). The predicted molar refractivity (Wildman–Crippen MR) is 78.5 cm³/mol. The summed E-state index contributed by atoms with van der Waals surface area (Å²) >= 11 is 11.9. The molecule has 5 nitrogen and oxygen atoms in total. The van der Waals surface area contributed by atoms with Gasteiger partial charge in [0.15, 0.2) is 0 Å². The van der Waals surface area contributed by atoms with E-state index in [-0.39, 0.29) is 5.75 Å². The molecule has 0 saturated heterocycles. The molecule has 104 valence electrons. The van der Waals surface area contributed by atoms with Gasteiger partial charge in [0.2, 0.25) is 5.95 Å². The van der Waals surface area contributed by atoms with Gasteiger partial charge in [-0.3, -0.25) is 0 Å². The lowest BCUT2D eigenvalue weighted by molar-refractivity contribution is 0.594. The van der Waals surface area contributed by atoms with Gasteiger partial charge in [0.1, 0.15) is 9.84 Å². The fourth-order valence-electron chi connectivity index (χ4n) is 1.86. The lowest BCUT2D eigenvalue weighted by Crippen LogP contribution is -2.09. The highest BCUT2D eigenvalue weighted by Gasteiger charge is 2.11. The van der Waals surface area contributed by atoms with E-state index in [4.69, 9.17) is 28.9 Å². The summed E-state index contributed by atoms with van der Waals surface area (Å²) in [4.78, 5) is 4.18. The van der Waals surface area contributed by atoms with Crippen molar-refractivity contribution >= 4 is 50.0 Å². The molecule has 0 unspecified atom stereocenters. The zero-order chi connectivity index (χ0) is 14.2. The zero-order valence-electron chi connectivity index (χ0n) is 10.2. The molecule has 2 aromatic rings. The molecule has 0 amide bonds.